The number of aromatic amines is 1. The number of amides is 1. The van der Waals surface area contributed by atoms with Crippen LogP contribution in [0.3, 0.4) is 0 Å². The molecule has 0 aliphatic heterocycles. The molecule has 1 amide bonds. The van der Waals surface area contributed by atoms with Gasteiger partial charge < -0.3 is 20.1 Å². The molecule has 10 heteroatoms. The monoisotopic (exact) mass is 468 g/mol. The van der Waals surface area contributed by atoms with Gasteiger partial charge in [-0.3, -0.25) is 9.59 Å². The minimum atomic E-state index is -4.35. The standard InChI is InChI=1S/C23H17FN2O6S/c1-32-16-7-9-17(10-8-16)33(30,31)21-20(27)18-11-2-13(12-19(18)26-23(21)29)22(28)25-15-5-3-14(24)4-6-15/h2-12H,1H3,(H,25,28)(H2,26,27,29). The van der Waals surface area contributed by atoms with Gasteiger partial charge in [0.2, 0.25) is 9.84 Å². The van der Waals surface area contributed by atoms with E-state index in [1.807, 2.05) is 0 Å². The van der Waals surface area contributed by atoms with Gasteiger partial charge in [0.1, 0.15) is 17.3 Å². The number of halogens is 1. The van der Waals surface area contributed by atoms with Crippen molar-refractivity contribution in [2.45, 2.75) is 9.79 Å². The molecule has 1 heterocycles. The largest absolute Gasteiger partial charge is 0.506 e. The number of ether oxygens (including phenoxy) is 1. The first kappa shape index (κ1) is 22.0. The van der Waals surface area contributed by atoms with Crippen LogP contribution in [0, 0.1) is 5.82 Å². The Morgan fingerprint density at radius 3 is 2.33 bits per heavy atom. The summed E-state index contributed by atoms with van der Waals surface area (Å²) in [5.41, 5.74) is -0.476. The van der Waals surface area contributed by atoms with Gasteiger partial charge in [-0.15, -0.1) is 0 Å². The van der Waals surface area contributed by atoms with Crippen LogP contribution in [0.4, 0.5) is 10.1 Å². The zero-order chi connectivity index (χ0) is 23.8. The topological polar surface area (TPSA) is 126 Å². The van der Waals surface area contributed by atoms with Crippen LogP contribution in [0.1, 0.15) is 10.4 Å². The van der Waals surface area contributed by atoms with Crippen LogP contribution in [0.25, 0.3) is 10.9 Å². The highest BCUT2D eigenvalue weighted by Crippen LogP contribution is 2.32. The SMILES string of the molecule is COc1ccc(S(=O)(=O)c2c(O)c3ccc(C(=O)Nc4ccc(F)cc4)cc3[nH]c2=O)cc1. The lowest BCUT2D eigenvalue weighted by molar-refractivity contribution is 0.102. The summed E-state index contributed by atoms with van der Waals surface area (Å²) in [5, 5.41) is 13.3. The van der Waals surface area contributed by atoms with Gasteiger partial charge in [-0.2, -0.15) is 0 Å². The molecule has 0 saturated heterocycles. The Kier molecular flexibility index (Phi) is 5.60. The maximum absolute atomic E-state index is 13.0. The van der Waals surface area contributed by atoms with E-state index in [1.54, 1.807) is 0 Å². The molecular weight excluding hydrogens is 451 g/mol. The van der Waals surface area contributed by atoms with Crippen molar-refractivity contribution in [2.24, 2.45) is 0 Å². The van der Waals surface area contributed by atoms with Crippen molar-refractivity contribution in [3.05, 3.63) is 88.5 Å². The van der Waals surface area contributed by atoms with Crippen LogP contribution in [0.15, 0.2) is 81.3 Å². The lowest BCUT2D eigenvalue weighted by Gasteiger charge is -2.11. The number of aromatic nitrogens is 1. The quantitative estimate of drug-likeness (QED) is 0.412. The van der Waals surface area contributed by atoms with Crippen molar-refractivity contribution in [3.8, 4) is 11.5 Å². The van der Waals surface area contributed by atoms with Crippen LogP contribution in [-0.4, -0.2) is 31.5 Å². The number of sulfone groups is 1. The molecule has 0 spiro atoms. The molecule has 0 unspecified atom stereocenters. The van der Waals surface area contributed by atoms with Gasteiger partial charge in [-0.1, -0.05) is 0 Å². The van der Waals surface area contributed by atoms with Crippen molar-refractivity contribution >= 4 is 32.3 Å². The van der Waals surface area contributed by atoms with Crippen LogP contribution >= 0.6 is 0 Å². The molecule has 168 valence electrons. The first-order valence-electron chi connectivity index (χ1n) is 9.56. The number of hydrogen-bond donors (Lipinski definition) is 3. The molecule has 8 nitrogen and oxygen atoms in total. The number of fused-ring (bicyclic) bond motifs is 1. The molecule has 33 heavy (non-hydrogen) atoms. The molecule has 0 aliphatic carbocycles. The summed E-state index contributed by atoms with van der Waals surface area (Å²) >= 11 is 0. The van der Waals surface area contributed by atoms with Crippen molar-refractivity contribution in [3.63, 3.8) is 0 Å². The molecule has 0 saturated carbocycles. The Hall–Kier alpha value is -4.18. The maximum Gasteiger partial charge on any atom is 0.271 e. The Balaban J connectivity index is 1.73. The summed E-state index contributed by atoms with van der Waals surface area (Å²) in [6, 6.07) is 14.5. The highest BCUT2D eigenvalue weighted by atomic mass is 32.2. The number of aromatic hydroxyl groups is 1. The average molecular weight is 468 g/mol. The number of carbonyl (C=O) groups excluding carboxylic acids is 1. The van der Waals surface area contributed by atoms with Gasteiger partial charge >= 0.3 is 0 Å². The molecule has 0 atom stereocenters. The van der Waals surface area contributed by atoms with Crippen LogP contribution < -0.4 is 15.6 Å². The van der Waals surface area contributed by atoms with Gasteiger partial charge in [0.05, 0.1) is 17.5 Å². The first-order valence-corrected chi connectivity index (χ1v) is 11.0. The summed E-state index contributed by atoms with van der Waals surface area (Å²) in [6.07, 6.45) is 0. The summed E-state index contributed by atoms with van der Waals surface area (Å²) in [6.45, 7) is 0. The number of anilines is 1. The minimum absolute atomic E-state index is 0.0417. The van der Waals surface area contributed by atoms with E-state index in [2.05, 4.69) is 10.3 Å². The molecule has 0 radical (unpaired) electrons. The third kappa shape index (κ3) is 4.15. The van der Waals surface area contributed by atoms with Gasteiger partial charge in [-0.25, -0.2) is 12.8 Å². The molecule has 4 rings (SSSR count). The lowest BCUT2D eigenvalue weighted by atomic mass is 10.1. The highest BCUT2D eigenvalue weighted by molar-refractivity contribution is 7.91. The van der Waals surface area contributed by atoms with Crippen molar-refractivity contribution in [1.29, 1.82) is 0 Å². The zero-order valence-electron chi connectivity index (χ0n) is 17.1. The fourth-order valence-corrected chi connectivity index (χ4v) is 4.65. The van der Waals surface area contributed by atoms with E-state index >= 15 is 0 Å². The molecule has 3 N–H and O–H groups in total. The Labute approximate surface area is 187 Å². The van der Waals surface area contributed by atoms with E-state index in [1.165, 1.54) is 73.8 Å². The first-order chi connectivity index (χ1) is 15.7. The number of methoxy groups -OCH3 is 1. The zero-order valence-corrected chi connectivity index (χ0v) is 17.9. The average Bonchev–Trinajstić information content (AvgIpc) is 2.80. The molecule has 1 aromatic heterocycles. The van der Waals surface area contributed by atoms with E-state index in [-0.39, 0.29) is 21.4 Å². The van der Waals surface area contributed by atoms with Crippen LogP contribution in [-0.2, 0) is 9.84 Å². The molecule has 3 aromatic carbocycles. The molecule has 0 bridgehead atoms. The number of benzene rings is 3. The number of hydrogen-bond acceptors (Lipinski definition) is 6. The maximum atomic E-state index is 13.0. The van der Waals surface area contributed by atoms with Gasteiger partial charge in [0.15, 0.2) is 4.90 Å². The Morgan fingerprint density at radius 2 is 1.70 bits per heavy atom. The summed E-state index contributed by atoms with van der Waals surface area (Å²) in [5.74, 6) is -1.29. The van der Waals surface area contributed by atoms with Gasteiger partial charge in [0, 0.05) is 16.6 Å². The van der Waals surface area contributed by atoms with Gasteiger partial charge in [0.25, 0.3) is 11.5 Å². The van der Waals surface area contributed by atoms with Crippen LogP contribution in [0.5, 0.6) is 11.5 Å². The second-order valence-corrected chi connectivity index (χ2v) is 8.92. The predicted octanol–water partition coefficient (Wildman–Crippen LogP) is 3.47. The van der Waals surface area contributed by atoms with Crippen LogP contribution in [0.2, 0.25) is 0 Å². The number of pyridine rings is 1. The predicted molar refractivity (Wildman–Crippen MR) is 119 cm³/mol. The van der Waals surface area contributed by atoms with E-state index in [0.717, 1.165) is 0 Å². The second kappa shape index (κ2) is 8.40. The molecule has 0 aliphatic rings. The minimum Gasteiger partial charge on any atom is -0.506 e. The van der Waals surface area contributed by atoms with E-state index < -0.39 is 37.8 Å². The number of H-pyrrole nitrogens is 1. The summed E-state index contributed by atoms with van der Waals surface area (Å²) in [4.78, 5) is 26.6. The fraction of sp³-hybridized carbons (Fsp3) is 0.0435. The molecule has 4 aromatic rings. The fourth-order valence-electron chi connectivity index (χ4n) is 3.26. The Morgan fingerprint density at radius 1 is 1.03 bits per heavy atom. The van der Waals surface area contributed by atoms with E-state index in [4.69, 9.17) is 4.74 Å². The Bertz CT molecular complexity index is 1530. The second-order valence-electron chi connectivity index (χ2n) is 7.03. The highest BCUT2D eigenvalue weighted by Gasteiger charge is 2.27. The smallest absolute Gasteiger partial charge is 0.271 e. The van der Waals surface area contributed by atoms with E-state index in [9.17, 15) is 27.5 Å². The third-order valence-corrected chi connectivity index (χ3v) is 6.76. The van der Waals surface area contributed by atoms with Crippen molar-refractivity contribution in [1.82, 2.24) is 4.98 Å². The molecule has 0 fully saturated rings. The van der Waals surface area contributed by atoms with E-state index in [0.29, 0.717) is 11.4 Å². The van der Waals surface area contributed by atoms with Gasteiger partial charge in [-0.05, 0) is 66.7 Å². The lowest BCUT2D eigenvalue weighted by Crippen LogP contribution is -2.19. The van der Waals surface area contributed by atoms with Crippen molar-refractivity contribution < 1.29 is 27.4 Å². The summed E-state index contributed by atoms with van der Waals surface area (Å²) < 4.78 is 44.1. The van der Waals surface area contributed by atoms with Crippen molar-refractivity contribution in [2.75, 3.05) is 12.4 Å². The third-order valence-electron chi connectivity index (χ3n) is 4.95. The summed E-state index contributed by atoms with van der Waals surface area (Å²) in [7, 11) is -2.92. The normalized spacial score (nSPS) is 11.3. The number of nitrogens with one attached hydrogen (secondary N) is 2. The number of carbonyl (C=O) groups is 1. The molecular formula is C23H17FN2O6S. The number of rotatable bonds is 5.